The average molecular weight is 263 g/mol. The SMILES string of the molecule is CC(C)CNCc1coc(N(C)Cc2ccoc2)n1. The zero-order valence-electron chi connectivity index (χ0n) is 11.7. The van der Waals surface area contributed by atoms with E-state index < -0.39 is 0 Å². The number of anilines is 1. The molecule has 0 aromatic carbocycles. The van der Waals surface area contributed by atoms with Gasteiger partial charge < -0.3 is 19.1 Å². The Kier molecular flexibility index (Phi) is 4.63. The molecule has 0 saturated carbocycles. The minimum atomic E-state index is 0.627. The van der Waals surface area contributed by atoms with Crippen molar-refractivity contribution in [1.82, 2.24) is 10.3 Å². The van der Waals surface area contributed by atoms with Crippen molar-refractivity contribution in [2.24, 2.45) is 5.92 Å². The maximum atomic E-state index is 5.48. The molecule has 0 amide bonds. The predicted octanol–water partition coefficient (Wildman–Crippen LogP) is 2.65. The van der Waals surface area contributed by atoms with Gasteiger partial charge in [0, 0.05) is 19.2 Å². The van der Waals surface area contributed by atoms with Crippen LogP contribution in [0.1, 0.15) is 25.1 Å². The number of hydrogen-bond donors (Lipinski definition) is 1. The van der Waals surface area contributed by atoms with E-state index in [1.54, 1.807) is 18.8 Å². The number of nitrogens with zero attached hydrogens (tertiary/aromatic N) is 2. The van der Waals surface area contributed by atoms with E-state index in [2.05, 4.69) is 24.1 Å². The summed E-state index contributed by atoms with van der Waals surface area (Å²) >= 11 is 0. The van der Waals surface area contributed by atoms with E-state index in [1.165, 1.54) is 0 Å². The maximum absolute atomic E-state index is 5.48. The van der Waals surface area contributed by atoms with Gasteiger partial charge in [-0.2, -0.15) is 4.98 Å². The molecule has 0 fully saturated rings. The first-order valence-electron chi connectivity index (χ1n) is 6.52. The van der Waals surface area contributed by atoms with Gasteiger partial charge in [-0.3, -0.25) is 0 Å². The van der Waals surface area contributed by atoms with Gasteiger partial charge >= 0.3 is 0 Å². The van der Waals surface area contributed by atoms with Gasteiger partial charge in [0.2, 0.25) is 0 Å². The molecule has 1 N–H and O–H groups in total. The van der Waals surface area contributed by atoms with Crippen LogP contribution < -0.4 is 10.2 Å². The molecule has 2 aromatic heterocycles. The van der Waals surface area contributed by atoms with Crippen LogP contribution in [-0.4, -0.2) is 18.6 Å². The molecule has 0 bridgehead atoms. The summed E-state index contributed by atoms with van der Waals surface area (Å²) in [4.78, 5) is 6.41. The fraction of sp³-hybridized carbons (Fsp3) is 0.500. The lowest BCUT2D eigenvalue weighted by molar-refractivity contribution is 0.533. The van der Waals surface area contributed by atoms with Crippen molar-refractivity contribution in [2.45, 2.75) is 26.9 Å². The lowest BCUT2D eigenvalue weighted by Gasteiger charge is -2.12. The van der Waals surface area contributed by atoms with Crippen molar-refractivity contribution >= 4 is 6.01 Å². The monoisotopic (exact) mass is 263 g/mol. The van der Waals surface area contributed by atoms with E-state index in [1.807, 2.05) is 18.0 Å². The Hall–Kier alpha value is -1.75. The normalized spacial score (nSPS) is 11.2. The van der Waals surface area contributed by atoms with Gasteiger partial charge in [0.1, 0.15) is 6.26 Å². The zero-order valence-corrected chi connectivity index (χ0v) is 11.7. The Morgan fingerprint density at radius 1 is 1.37 bits per heavy atom. The molecule has 104 valence electrons. The third-order valence-electron chi connectivity index (χ3n) is 2.72. The first-order valence-corrected chi connectivity index (χ1v) is 6.52. The summed E-state index contributed by atoms with van der Waals surface area (Å²) < 4.78 is 10.5. The summed E-state index contributed by atoms with van der Waals surface area (Å²) in [7, 11) is 1.95. The molecule has 5 nitrogen and oxygen atoms in total. The molecular formula is C14H21N3O2. The Labute approximate surface area is 113 Å². The lowest BCUT2D eigenvalue weighted by Crippen LogP contribution is -2.19. The number of oxazole rings is 1. The summed E-state index contributed by atoms with van der Waals surface area (Å²) in [5.74, 6) is 0.634. The predicted molar refractivity (Wildman–Crippen MR) is 73.9 cm³/mol. The van der Waals surface area contributed by atoms with Crippen LogP contribution in [0.3, 0.4) is 0 Å². The average Bonchev–Trinajstić information content (AvgIpc) is 2.99. The summed E-state index contributed by atoms with van der Waals surface area (Å²) in [6.45, 7) is 6.80. The second kappa shape index (κ2) is 6.43. The number of hydrogen-bond acceptors (Lipinski definition) is 5. The van der Waals surface area contributed by atoms with E-state index >= 15 is 0 Å². The molecule has 0 aliphatic carbocycles. The Morgan fingerprint density at radius 3 is 2.89 bits per heavy atom. The van der Waals surface area contributed by atoms with Crippen molar-refractivity contribution in [3.8, 4) is 0 Å². The quantitative estimate of drug-likeness (QED) is 0.832. The van der Waals surface area contributed by atoms with Crippen molar-refractivity contribution in [3.63, 3.8) is 0 Å². The highest BCUT2D eigenvalue weighted by atomic mass is 16.4. The van der Waals surface area contributed by atoms with Gasteiger partial charge in [0.15, 0.2) is 0 Å². The van der Waals surface area contributed by atoms with Crippen LogP contribution in [0.2, 0.25) is 0 Å². The molecule has 0 radical (unpaired) electrons. The van der Waals surface area contributed by atoms with E-state index in [-0.39, 0.29) is 0 Å². The summed E-state index contributed by atoms with van der Waals surface area (Å²) in [5, 5.41) is 3.34. The highest BCUT2D eigenvalue weighted by molar-refractivity contribution is 5.27. The number of nitrogens with one attached hydrogen (secondary N) is 1. The van der Waals surface area contributed by atoms with Crippen LogP contribution in [0, 0.1) is 5.92 Å². The van der Waals surface area contributed by atoms with Crippen molar-refractivity contribution in [2.75, 3.05) is 18.5 Å². The second-order valence-corrected chi connectivity index (χ2v) is 5.13. The second-order valence-electron chi connectivity index (χ2n) is 5.13. The molecular weight excluding hydrogens is 242 g/mol. The zero-order chi connectivity index (χ0) is 13.7. The smallest absolute Gasteiger partial charge is 0.297 e. The molecule has 5 heteroatoms. The molecule has 0 atom stereocenters. The van der Waals surface area contributed by atoms with Crippen LogP contribution in [0.15, 0.2) is 33.7 Å². The minimum Gasteiger partial charge on any atom is -0.472 e. The van der Waals surface area contributed by atoms with Gasteiger partial charge in [-0.05, 0) is 18.5 Å². The lowest BCUT2D eigenvalue weighted by atomic mass is 10.2. The largest absolute Gasteiger partial charge is 0.472 e. The maximum Gasteiger partial charge on any atom is 0.297 e. The van der Waals surface area contributed by atoms with E-state index in [4.69, 9.17) is 8.83 Å². The first kappa shape index (κ1) is 13.7. The van der Waals surface area contributed by atoms with Gasteiger partial charge in [-0.25, -0.2) is 0 Å². The molecule has 2 rings (SSSR count). The highest BCUT2D eigenvalue weighted by Crippen LogP contribution is 2.15. The van der Waals surface area contributed by atoms with Crippen molar-refractivity contribution in [1.29, 1.82) is 0 Å². The molecule has 0 saturated heterocycles. The van der Waals surface area contributed by atoms with Gasteiger partial charge in [0.25, 0.3) is 6.01 Å². The van der Waals surface area contributed by atoms with Crippen molar-refractivity contribution in [3.05, 3.63) is 36.1 Å². The van der Waals surface area contributed by atoms with Crippen LogP contribution >= 0.6 is 0 Å². The topological polar surface area (TPSA) is 54.4 Å². The molecule has 0 aliphatic heterocycles. The number of aromatic nitrogens is 1. The van der Waals surface area contributed by atoms with E-state index in [9.17, 15) is 0 Å². The fourth-order valence-corrected chi connectivity index (χ4v) is 1.77. The van der Waals surface area contributed by atoms with Crippen molar-refractivity contribution < 1.29 is 8.83 Å². The number of furan rings is 1. The third kappa shape index (κ3) is 4.13. The first-order chi connectivity index (χ1) is 9.15. The van der Waals surface area contributed by atoms with E-state index in [0.717, 1.165) is 30.9 Å². The molecule has 0 unspecified atom stereocenters. The van der Waals surface area contributed by atoms with Crippen LogP contribution in [0.25, 0.3) is 0 Å². The van der Waals surface area contributed by atoms with Crippen LogP contribution in [0.4, 0.5) is 6.01 Å². The Morgan fingerprint density at radius 2 is 2.21 bits per heavy atom. The third-order valence-corrected chi connectivity index (χ3v) is 2.72. The summed E-state index contributed by atoms with van der Waals surface area (Å²) in [6, 6.07) is 2.56. The Balaban J connectivity index is 1.85. The van der Waals surface area contributed by atoms with Gasteiger partial charge in [-0.1, -0.05) is 13.8 Å². The fourth-order valence-electron chi connectivity index (χ4n) is 1.77. The summed E-state index contributed by atoms with van der Waals surface area (Å²) in [5.41, 5.74) is 2.02. The number of rotatable bonds is 7. The molecule has 19 heavy (non-hydrogen) atoms. The van der Waals surface area contributed by atoms with E-state index in [0.29, 0.717) is 11.9 Å². The standard InChI is InChI=1S/C14H21N3O2/c1-11(2)6-15-7-13-10-19-14(16-13)17(3)8-12-4-5-18-9-12/h4-5,9-11,15H,6-8H2,1-3H3. The Bertz CT molecular complexity index is 477. The molecule has 2 heterocycles. The minimum absolute atomic E-state index is 0.627. The van der Waals surface area contributed by atoms with Gasteiger partial charge in [-0.15, -0.1) is 0 Å². The molecule has 0 aliphatic rings. The molecule has 2 aromatic rings. The van der Waals surface area contributed by atoms with Gasteiger partial charge in [0.05, 0.1) is 24.8 Å². The van der Waals surface area contributed by atoms with Crippen LogP contribution in [0.5, 0.6) is 0 Å². The summed E-state index contributed by atoms with van der Waals surface area (Å²) in [6.07, 6.45) is 5.10. The molecule has 0 spiro atoms. The highest BCUT2D eigenvalue weighted by Gasteiger charge is 2.10. The van der Waals surface area contributed by atoms with Crippen LogP contribution in [-0.2, 0) is 13.1 Å².